The summed E-state index contributed by atoms with van der Waals surface area (Å²) in [5.41, 5.74) is 1.08. The maximum Gasteiger partial charge on any atom is 0.451 e. The molecular formula is C10H7F3N4O. The molecule has 94 valence electrons. The number of aryl methyl sites for hydroxylation is 1. The van der Waals surface area contributed by atoms with Crippen molar-refractivity contribution < 1.29 is 18.0 Å². The quantitative estimate of drug-likeness (QED) is 0.769. The van der Waals surface area contributed by atoms with Gasteiger partial charge < -0.3 is 0 Å². The van der Waals surface area contributed by atoms with Crippen molar-refractivity contribution in [2.24, 2.45) is 0 Å². The Morgan fingerprint density at radius 1 is 1.28 bits per heavy atom. The molecule has 2 aromatic rings. The number of aromatic nitrogens is 4. The highest BCUT2D eigenvalue weighted by molar-refractivity contribution is 5.75. The van der Waals surface area contributed by atoms with Gasteiger partial charge in [-0.05, 0) is 6.92 Å². The van der Waals surface area contributed by atoms with E-state index in [-0.39, 0.29) is 5.69 Å². The molecule has 18 heavy (non-hydrogen) atoms. The third-order valence-corrected chi connectivity index (χ3v) is 2.22. The van der Waals surface area contributed by atoms with Gasteiger partial charge in [0.1, 0.15) is 5.69 Å². The van der Waals surface area contributed by atoms with Crippen molar-refractivity contribution in [3.8, 4) is 5.69 Å². The number of halogens is 3. The summed E-state index contributed by atoms with van der Waals surface area (Å²) in [5.74, 6) is -1.22. The first-order valence-corrected chi connectivity index (χ1v) is 4.83. The lowest BCUT2D eigenvalue weighted by Crippen LogP contribution is -2.11. The van der Waals surface area contributed by atoms with Crippen LogP contribution in [0.25, 0.3) is 5.69 Å². The summed E-state index contributed by atoms with van der Waals surface area (Å²) in [5, 5.41) is 3.97. The minimum Gasteiger partial charge on any atom is -0.298 e. The molecule has 0 N–H and O–H groups in total. The van der Waals surface area contributed by atoms with E-state index in [4.69, 9.17) is 0 Å². The first-order valence-electron chi connectivity index (χ1n) is 4.83. The molecule has 5 nitrogen and oxygen atoms in total. The Labute approximate surface area is 99.3 Å². The Balaban J connectivity index is 2.37. The fourth-order valence-electron chi connectivity index (χ4n) is 1.31. The average Bonchev–Trinajstić information content (AvgIpc) is 2.69. The highest BCUT2D eigenvalue weighted by Crippen LogP contribution is 2.25. The van der Waals surface area contributed by atoms with Crippen LogP contribution in [-0.2, 0) is 6.18 Å². The number of hydrogen-bond acceptors (Lipinski definition) is 4. The van der Waals surface area contributed by atoms with Gasteiger partial charge in [-0.2, -0.15) is 18.3 Å². The maximum absolute atomic E-state index is 12.3. The van der Waals surface area contributed by atoms with Gasteiger partial charge in [-0.3, -0.25) is 4.79 Å². The van der Waals surface area contributed by atoms with Crippen molar-refractivity contribution >= 4 is 6.29 Å². The third kappa shape index (κ3) is 2.22. The Morgan fingerprint density at radius 3 is 2.33 bits per heavy atom. The summed E-state index contributed by atoms with van der Waals surface area (Å²) >= 11 is 0. The number of nitrogens with zero attached hydrogens (tertiary/aromatic N) is 4. The summed E-state index contributed by atoms with van der Waals surface area (Å²) in [7, 11) is 0. The van der Waals surface area contributed by atoms with Crippen LogP contribution < -0.4 is 0 Å². The Bertz CT molecular complexity index is 574. The number of hydrogen-bond donors (Lipinski definition) is 0. The van der Waals surface area contributed by atoms with Crippen molar-refractivity contribution in [1.29, 1.82) is 0 Å². The van der Waals surface area contributed by atoms with Crippen LogP contribution in [0.5, 0.6) is 0 Å². The second kappa shape index (κ2) is 4.21. The molecular weight excluding hydrogens is 249 g/mol. The van der Waals surface area contributed by atoms with Crippen molar-refractivity contribution in [2.45, 2.75) is 13.1 Å². The molecule has 0 amide bonds. The zero-order chi connectivity index (χ0) is 13.3. The molecule has 0 atom stereocenters. The van der Waals surface area contributed by atoms with Gasteiger partial charge in [0.05, 0.1) is 23.7 Å². The fraction of sp³-hybridized carbons (Fsp3) is 0.200. The molecule has 2 aromatic heterocycles. The van der Waals surface area contributed by atoms with Crippen LogP contribution in [0.15, 0.2) is 18.6 Å². The normalized spacial score (nSPS) is 11.6. The summed E-state index contributed by atoms with van der Waals surface area (Å²) in [6.45, 7) is 1.62. The monoisotopic (exact) mass is 256 g/mol. The molecule has 2 heterocycles. The first kappa shape index (κ1) is 12.2. The largest absolute Gasteiger partial charge is 0.451 e. The number of rotatable bonds is 2. The van der Waals surface area contributed by atoms with E-state index in [0.717, 1.165) is 12.4 Å². The van der Waals surface area contributed by atoms with Gasteiger partial charge in [-0.25, -0.2) is 14.6 Å². The van der Waals surface area contributed by atoms with Crippen molar-refractivity contribution in [1.82, 2.24) is 19.7 Å². The van der Waals surface area contributed by atoms with Crippen molar-refractivity contribution in [3.05, 3.63) is 35.7 Å². The fourth-order valence-corrected chi connectivity index (χ4v) is 1.31. The summed E-state index contributed by atoms with van der Waals surface area (Å²) < 4.78 is 38.0. The number of aldehydes is 1. The van der Waals surface area contributed by atoms with Crippen LogP contribution in [-0.4, -0.2) is 26.0 Å². The predicted octanol–water partition coefficient (Wildman–Crippen LogP) is 1.80. The van der Waals surface area contributed by atoms with Gasteiger partial charge in [0, 0.05) is 6.20 Å². The van der Waals surface area contributed by atoms with Gasteiger partial charge >= 0.3 is 6.18 Å². The zero-order valence-corrected chi connectivity index (χ0v) is 9.14. The average molecular weight is 256 g/mol. The molecule has 2 rings (SSSR count). The van der Waals surface area contributed by atoms with Gasteiger partial charge in [-0.1, -0.05) is 0 Å². The minimum atomic E-state index is -4.58. The molecule has 0 spiro atoms. The Morgan fingerprint density at radius 2 is 1.89 bits per heavy atom. The standard InChI is InChI=1S/C10H7F3N4O/c1-6-7(5-18)4-17(16-6)8-2-14-9(15-3-8)10(11,12)13/h2-5H,1H3. The lowest BCUT2D eigenvalue weighted by molar-refractivity contribution is -0.145. The van der Waals surface area contributed by atoms with Crippen molar-refractivity contribution in [3.63, 3.8) is 0 Å². The molecule has 0 saturated carbocycles. The van der Waals surface area contributed by atoms with E-state index in [0.29, 0.717) is 17.5 Å². The molecule has 0 aliphatic carbocycles. The number of carbonyl (C=O) groups is 1. The van der Waals surface area contributed by atoms with Crippen LogP contribution in [0.1, 0.15) is 21.9 Å². The van der Waals surface area contributed by atoms with E-state index in [1.54, 1.807) is 6.92 Å². The predicted molar refractivity (Wildman–Crippen MR) is 54.3 cm³/mol. The summed E-state index contributed by atoms with van der Waals surface area (Å²) in [4.78, 5) is 17.0. The van der Waals surface area contributed by atoms with Crippen LogP contribution in [0.2, 0.25) is 0 Å². The van der Waals surface area contributed by atoms with Gasteiger partial charge in [0.15, 0.2) is 6.29 Å². The molecule has 0 radical (unpaired) electrons. The molecule has 0 aliphatic rings. The van der Waals surface area contributed by atoms with Crippen LogP contribution in [0, 0.1) is 6.92 Å². The summed E-state index contributed by atoms with van der Waals surface area (Å²) in [6, 6.07) is 0. The van der Waals surface area contributed by atoms with E-state index in [1.807, 2.05) is 0 Å². The SMILES string of the molecule is Cc1nn(-c2cnc(C(F)(F)F)nc2)cc1C=O. The minimum absolute atomic E-state index is 0.249. The van der Waals surface area contributed by atoms with E-state index in [1.165, 1.54) is 10.9 Å². The smallest absolute Gasteiger partial charge is 0.298 e. The second-order valence-electron chi connectivity index (χ2n) is 3.49. The highest BCUT2D eigenvalue weighted by atomic mass is 19.4. The number of carbonyl (C=O) groups excluding carboxylic acids is 1. The molecule has 0 bridgehead atoms. The van der Waals surface area contributed by atoms with Crippen LogP contribution in [0.3, 0.4) is 0 Å². The first-order chi connectivity index (χ1) is 8.41. The lowest BCUT2D eigenvalue weighted by Gasteiger charge is -2.05. The third-order valence-electron chi connectivity index (χ3n) is 2.22. The lowest BCUT2D eigenvalue weighted by atomic mass is 10.3. The molecule has 0 saturated heterocycles. The van der Waals surface area contributed by atoms with E-state index >= 15 is 0 Å². The zero-order valence-electron chi connectivity index (χ0n) is 9.14. The molecule has 0 unspecified atom stereocenters. The second-order valence-corrected chi connectivity index (χ2v) is 3.49. The van der Waals surface area contributed by atoms with Gasteiger partial charge in [0.25, 0.3) is 0 Å². The van der Waals surface area contributed by atoms with Gasteiger partial charge in [0.2, 0.25) is 5.82 Å². The van der Waals surface area contributed by atoms with E-state index in [9.17, 15) is 18.0 Å². The maximum atomic E-state index is 12.3. The van der Waals surface area contributed by atoms with Crippen molar-refractivity contribution in [2.75, 3.05) is 0 Å². The summed E-state index contributed by atoms with van der Waals surface area (Å²) in [6.07, 6.45) is -0.571. The van der Waals surface area contributed by atoms with Crippen LogP contribution in [0.4, 0.5) is 13.2 Å². The van der Waals surface area contributed by atoms with Crippen LogP contribution >= 0.6 is 0 Å². The molecule has 8 heteroatoms. The molecule has 0 fully saturated rings. The highest BCUT2D eigenvalue weighted by Gasteiger charge is 2.34. The van der Waals surface area contributed by atoms with E-state index in [2.05, 4.69) is 15.1 Å². The topological polar surface area (TPSA) is 60.7 Å². The molecule has 0 aromatic carbocycles. The number of alkyl halides is 3. The molecule has 0 aliphatic heterocycles. The Kier molecular flexibility index (Phi) is 2.85. The van der Waals surface area contributed by atoms with Gasteiger partial charge in [-0.15, -0.1) is 0 Å². The Hall–Kier alpha value is -2.25. The van der Waals surface area contributed by atoms with E-state index < -0.39 is 12.0 Å².